The molecule has 0 spiro atoms. The summed E-state index contributed by atoms with van der Waals surface area (Å²) in [6.45, 7) is 0. The third kappa shape index (κ3) is 8.91. The van der Waals surface area contributed by atoms with Crippen molar-refractivity contribution in [3.63, 3.8) is 0 Å². The first kappa shape index (κ1) is 35.3. The van der Waals surface area contributed by atoms with Gasteiger partial charge in [0.1, 0.15) is 0 Å². The molecular weight excluding hydrogens is 334 g/mol. The summed E-state index contributed by atoms with van der Waals surface area (Å²) in [4.78, 5) is 0. The molecule has 0 N–H and O–H groups in total. The Bertz CT molecular complexity index is 8.00. The van der Waals surface area contributed by atoms with Gasteiger partial charge in [0.25, 0.3) is 0 Å². The Balaban J connectivity index is 0. The van der Waals surface area contributed by atoms with E-state index in [0.717, 1.165) is 0 Å². The van der Waals surface area contributed by atoms with E-state index in [2.05, 4.69) is 0 Å². The van der Waals surface area contributed by atoms with Crippen molar-refractivity contribution in [2.75, 3.05) is 0 Å². The van der Waals surface area contributed by atoms with Gasteiger partial charge in [0.05, 0.1) is 0 Å². The van der Waals surface area contributed by atoms with Gasteiger partial charge in [-0.3, -0.25) is 0 Å². The molecular formula is CH13GeSbTe. The zero-order valence-electron chi connectivity index (χ0n) is 1.21. The second kappa shape index (κ2) is 19.2. The first-order chi connectivity index (χ1) is 0. The first-order valence-electron chi connectivity index (χ1n) is 0. The summed E-state index contributed by atoms with van der Waals surface area (Å²) in [5, 5.41) is 0. The molecule has 0 nitrogen and oxygen atoms in total. The number of hydrogen-bond acceptors (Lipinski definition) is 0. The van der Waals surface area contributed by atoms with Crippen LogP contribution in [0.4, 0.5) is 0 Å². The van der Waals surface area contributed by atoms with Gasteiger partial charge in [-0.25, -0.2) is 0 Å². The predicted octanol–water partition coefficient (Wildman–Crippen LogP) is -2.92. The van der Waals surface area contributed by atoms with E-state index in [4.69, 9.17) is 0 Å². The van der Waals surface area contributed by atoms with Crippen LogP contribution in [-0.2, 0) is 0 Å². The van der Waals surface area contributed by atoms with Crippen LogP contribution in [0.25, 0.3) is 0 Å². The van der Waals surface area contributed by atoms with Crippen molar-refractivity contribution in [3.8, 4) is 0 Å². The molecule has 0 bridgehead atoms. The minimum absolute atomic E-state index is 0. The van der Waals surface area contributed by atoms with Crippen molar-refractivity contribution >= 4 is 65.7 Å². The summed E-state index contributed by atoms with van der Waals surface area (Å²) in [7, 11) is 0. The Morgan fingerprint density at radius 2 is 1.00 bits per heavy atom. The van der Waals surface area contributed by atoms with Crippen LogP contribution in [0.15, 0.2) is 0 Å². The number of rotatable bonds is 0. The van der Waals surface area contributed by atoms with Crippen LogP contribution in [0.3, 0.4) is 0 Å². The molecule has 0 heterocycles. The topological polar surface area (TPSA) is 0 Å². The van der Waals surface area contributed by atoms with E-state index in [1.54, 1.807) is 0 Å². The molecule has 0 unspecified atom stereocenters. The van der Waals surface area contributed by atoms with Crippen LogP contribution < -0.4 is 0 Å². The SMILES string of the molecule is C.[GeH4].[SbH3].[TeH2]. The molecule has 0 saturated heterocycles. The van der Waals surface area contributed by atoms with Gasteiger partial charge >= 0.3 is 65.7 Å². The molecule has 4 heavy (non-hydrogen) atoms. The van der Waals surface area contributed by atoms with E-state index in [-0.39, 0.29) is 73.1 Å². The van der Waals surface area contributed by atoms with Crippen molar-refractivity contribution in [2.24, 2.45) is 0 Å². The third-order valence-corrected chi connectivity index (χ3v) is 0. The number of hydrogen-bond donors (Lipinski definition) is 0. The van der Waals surface area contributed by atoms with Gasteiger partial charge in [0, 0.05) is 0 Å². The summed E-state index contributed by atoms with van der Waals surface area (Å²) < 4.78 is 0. The van der Waals surface area contributed by atoms with E-state index in [1.165, 1.54) is 0 Å². The van der Waals surface area contributed by atoms with Crippen molar-refractivity contribution in [1.82, 2.24) is 0 Å². The molecule has 0 aliphatic carbocycles. The van der Waals surface area contributed by atoms with Gasteiger partial charge in [-0.2, -0.15) is 0 Å². The summed E-state index contributed by atoms with van der Waals surface area (Å²) in [6, 6.07) is 0. The fraction of sp³-hybridized carbons (Fsp3) is 1.00. The van der Waals surface area contributed by atoms with Crippen LogP contribution in [-0.4, -0.2) is 65.7 Å². The Kier molecular flexibility index (Phi) is 169. The molecule has 0 aromatic carbocycles. The van der Waals surface area contributed by atoms with E-state index in [0.29, 0.717) is 0 Å². The standard InChI is InChI=1S/CH4.GeH4.Sb.H2Te.3H/h2*1H4;;1H2;;;. The Labute approximate surface area is 72.3 Å². The monoisotopic (exact) mass is 350 g/mol. The fourth-order valence-corrected chi connectivity index (χ4v) is 0. The van der Waals surface area contributed by atoms with Gasteiger partial charge in [0.15, 0.2) is 0 Å². The van der Waals surface area contributed by atoms with Crippen molar-refractivity contribution in [3.05, 3.63) is 0 Å². The molecule has 0 aliphatic heterocycles. The fourth-order valence-electron chi connectivity index (χ4n) is 0. The maximum atomic E-state index is 0. The van der Waals surface area contributed by atoms with Crippen molar-refractivity contribution in [2.45, 2.75) is 7.43 Å². The van der Waals surface area contributed by atoms with Gasteiger partial charge in [-0.05, 0) is 0 Å². The van der Waals surface area contributed by atoms with E-state index in [1.807, 2.05) is 0 Å². The summed E-state index contributed by atoms with van der Waals surface area (Å²) in [6.07, 6.45) is 0. The van der Waals surface area contributed by atoms with Gasteiger partial charge in [-0.15, -0.1) is 0 Å². The summed E-state index contributed by atoms with van der Waals surface area (Å²) in [5.74, 6) is 0. The van der Waals surface area contributed by atoms with Crippen molar-refractivity contribution < 1.29 is 0 Å². The van der Waals surface area contributed by atoms with Crippen molar-refractivity contribution in [1.29, 1.82) is 0 Å². The molecule has 0 saturated carbocycles. The second-order valence-electron chi connectivity index (χ2n) is 0. The van der Waals surface area contributed by atoms with Crippen LogP contribution in [0.2, 0.25) is 0 Å². The van der Waals surface area contributed by atoms with Gasteiger partial charge in [0.2, 0.25) is 0 Å². The summed E-state index contributed by atoms with van der Waals surface area (Å²) >= 11 is 0. The summed E-state index contributed by atoms with van der Waals surface area (Å²) in [5.41, 5.74) is 0. The molecule has 0 radical (unpaired) electrons. The van der Waals surface area contributed by atoms with Gasteiger partial charge in [-0.1, -0.05) is 7.43 Å². The Morgan fingerprint density at radius 3 is 1.00 bits per heavy atom. The molecule has 0 aromatic heterocycles. The first-order valence-corrected chi connectivity index (χ1v) is 0. The molecule has 0 rings (SSSR count). The molecule has 0 fully saturated rings. The molecule has 0 aromatic rings. The van der Waals surface area contributed by atoms with Crippen LogP contribution in [0.1, 0.15) is 7.43 Å². The quantitative estimate of drug-likeness (QED) is 0.412. The predicted molar refractivity (Wildman–Crippen MR) is 36.5 cm³/mol. The van der Waals surface area contributed by atoms with Gasteiger partial charge < -0.3 is 0 Å². The zero-order chi connectivity index (χ0) is 0. The average molecular weight is 347 g/mol. The van der Waals surface area contributed by atoms with E-state index in [9.17, 15) is 0 Å². The normalized spacial score (nSPS) is 0. The zero-order valence-corrected chi connectivity index (χ0v) is 8.10. The molecule has 3 heteroatoms. The van der Waals surface area contributed by atoms with Crippen LogP contribution >= 0.6 is 0 Å². The molecule has 0 atom stereocenters. The molecule has 0 aliphatic rings. The molecule has 0 amide bonds. The van der Waals surface area contributed by atoms with E-state index >= 15 is 0 Å². The Morgan fingerprint density at radius 1 is 1.00 bits per heavy atom. The maximum absolute atomic E-state index is 0. The van der Waals surface area contributed by atoms with E-state index < -0.39 is 0 Å². The minimum atomic E-state index is 0. The third-order valence-electron chi connectivity index (χ3n) is 0. The average Bonchev–Trinajstić information content (AvgIpc) is 0. The van der Waals surface area contributed by atoms with Crippen LogP contribution in [0.5, 0.6) is 0 Å². The molecule has 32 valence electrons. The second-order valence-corrected chi connectivity index (χ2v) is 0. The van der Waals surface area contributed by atoms with Crippen LogP contribution in [0, 0.1) is 0 Å². The Hall–Kier alpha value is 2.15.